The maximum Gasteiger partial charge on any atom is 0.418 e. The van der Waals surface area contributed by atoms with Crippen LogP contribution in [0.15, 0.2) is 61.3 Å². The first-order chi connectivity index (χ1) is 15.3. The van der Waals surface area contributed by atoms with Crippen molar-refractivity contribution in [2.75, 3.05) is 22.5 Å². The Kier molecular flexibility index (Phi) is 5.85. The lowest BCUT2D eigenvalue weighted by molar-refractivity contribution is -0.136. The number of halogens is 4. The molecule has 1 aromatic heterocycles. The molecule has 0 saturated carbocycles. The number of fused-ring (bicyclic) bond motifs is 1. The molecule has 0 aliphatic carbocycles. The highest BCUT2D eigenvalue weighted by atomic mass is 19.4. The summed E-state index contributed by atoms with van der Waals surface area (Å²) in [5.74, 6) is -0.966. The zero-order chi connectivity index (χ0) is 22.7. The van der Waals surface area contributed by atoms with Gasteiger partial charge in [0, 0.05) is 48.6 Å². The molecule has 1 aliphatic rings. The topological polar surface area (TPSA) is 71.0 Å². The second-order valence-corrected chi connectivity index (χ2v) is 7.19. The number of nitrogens with one attached hydrogen (secondary N) is 3. The number of rotatable bonds is 7. The minimum atomic E-state index is -4.56. The van der Waals surface area contributed by atoms with Gasteiger partial charge in [-0.15, -0.1) is 0 Å². The number of carbonyl (C=O) groups excluding carboxylic acids is 1. The fraction of sp³-hybridized carbons (Fsp3) is 0.182. The van der Waals surface area contributed by atoms with Gasteiger partial charge in [-0.2, -0.15) is 13.2 Å². The number of benzene rings is 2. The molecule has 1 amide bonds. The normalized spacial score (nSPS) is 14.4. The molecule has 2 heterocycles. The first kappa shape index (κ1) is 21.4. The maximum atomic E-state index is 13.6. The minimum Gasteiger partial charge on any atom is -0.384 e. The van der Waals surface area contributed by atoms with Gasteiger partial charge in [0.25, 0.3) is 5.91 Å². The van der Waals surface area contributed by atoms with Crippen molar-refractivity contribution in [3.63, 3.8) is 0 Å². The Bertz CT molecular complexity index is 1160. The van der Waals surface area contributed by atoms with Gasteiger partial charge in [0.15, 0.2) is 0 Å². The summed E-state index contributed by atoms with van der Waals surface area (Å²) in [7, 11) is 0. The van der Waals surface area contributed by atoms with Crippen molar-refractivity contribution in [3.8, 4) is 0 Å². The lowest BCUT2D eigenvalue weighted by Crippen LogP contribution is -2.13. The summed E-state index contributed by atoms with van der Waals surface area (Å²) in [6, 6.07) is 7.65. The molecule has 10 heteroatoms. The average Bonchev–Trinajstić information content (AvgIpc) is 3.36. The zero-order valence-corrected chi connectivity index (χ0v) is 16.7. The molecule has 2 aromatic carbocycles. The predicted octanol–water partition coefficient (Wildman–Crippen LogP) is 4.95. The van der Waals surface area contributed by atoms with Crippen molar-refractivity contribution >= 4 is 28.5 Å². The molecule has 166 valence electrons. The van der Waals surface area contributed by atoms with Gasteiger partial charge >= 0.3 is 6.18 Å². The van der Waals surface area contributed by atoms with Crippen LogP contribution in [0.2, 0.25) is 0 Å². The Morgan fingerprint density at radius 2 is 2.00 bits per heavy atom. The van der Waals surface area contributed by atoms with Gasteiger partial charge < -0.3 is 20.5 Å². The first-order valence-electron chi connectivity index (χ1n) is 9.80. The molecule has 6 nitrogen and oxygen atoms in total. The number of hydrogen-bond acceptors (Lipinski definition) is 4. The Hall–Kier alpha value is -3.82. The third-order valence-electron chi connectivity index (χ3n) is 4.94. The fourth-order valence-corrected chi connectivity index (χ4v) is 3.39. The number of hydrogen-bond donors (Lipinski definition) is 3. The summed E-state index contributed by atoms with van der Waals surface area (Å²) in [6.07, 6.45) is 2.45. The van der Waals surface area contributed by atoms with Crippen LogP contribution in [0.4, 0.5) is 34.6 Å². The number of aryl methyl sites for hydroxylation is 1. The molecule has 0 radical (unpaired) electrons. The van der Waals surface area contributed by atoms with Crippen LogP contribution in [-0.4, -0.2) is 22.0 Å². The van der Waals surface area contributed by atoms with Crippen LogP contribution in [0.25, 0.3) is 5.57 Å². The van der Waals surface area contributed by atoms with E-state index in [1.165, 1.54) is 36.5 Å². The number of carbonyl (C=O) groups is 1. The average molecular weight is 445 g/mol. The van der Waals surface area contributed by atoms with Crippen molar-refractivity contribution in [1.82, 2.24) is 9.55 Å². The third kappa shape index (κ3) is 4.74. The number of nitrogens with zero attached hydrogens (tertiary/aromatic N) is 2. The van der Waals surface area contributed by atoms with Crippen LogP contribution in [0, 0.1) is 5.82 Å². The molecule has 0 fully saturated rings. The summed E-state index contributed by atoms with van der Waals surface area (Å²) in [4.78, 5) is 16.1. The van der Waals surface area contributed by atoms with Gasteiger partial charge in [-0.25, -0.2) is 9.37 Å². The molecule has 3 N–H and O–H groups in total. The van der Waals surface area contributed by atoms with Gasteiger partial charge in [0.2, 0.25) is 0 Å². The molecule has 1 aliphatic heterocycles. The monoisotopic (exact) mass is 445 g/mol. The summed E-state index contributed by atoms with van der Waals surface area (Å²) < 4.78 is 56.0. The van der Waals surface area contributed by atoms with E-state index >= 15 is 0 Å². The molecule has 3 aromatic rings. The van der Waals surface area contributed by atoms with Gasteiger partial charge in [0.05, 0.1) is 23.2 Å². The van der Waals surface area contributed by atoms with Crippen LogP contribution in [0.1, 0.15) is 17.5 Å². The standard InChI is InChI=1S/C22H19F4N5O/c23-14-2-4-16-17(21(32)30-20(16)10-14)12-29-15-3-5-19(18(11-15)22(24,25)26)28-6-1-8-31-9-7-27-13-31/h2-5,7,9-13,28-29H,1,6,8H2,(H,30,32)/b17-12-. The molecule has 0 atom stereocenters. The van der Waals surface area contributed by atoms with E-state index in [0.717, 1.165) is 6.07 Å². The molecule has 4 rings (SSSR count). The lowest BCUT2D eigenvalue weighted by Gasteiger charge is -2.16. The molecule has 0 spiro atoms. The molecule has 0 bridgehead atoms. The van der Waals surface area contributed by atoms with Gasteiger partial charge in [-0.1, -0.05) is 0 Å². The fourth-order valence-electron chi connectivity index (χ4n) is 3.39. The lowest BCUT2D eigenvalue weighted by atomic mass is 10.1. The summed E-state index contributed by atoms with van der Waals surface area (Å²) in [5, 5.41) is 8.10. The van der Waals surface area contributed by atoms with Crippen LogP contribution < -0.4 is 16.0 Å². The highest BCUT2D eigenvalue weighted by Crippen LogP contribution is 2.37. The van der Waals surface area contributed by atoms with E-state index in [1.807, 2.05) is 4.57 Å². The molecule has 0 unspecified atom stereocenters. The number of anilines is 3. The maximum absolute atomic E-state index is 13.6. The Morgan fingerprint density at radius 1 is 1.16 bits per heavy atom. The highest BCUT2D eigenvalue weighted by Gasteiger charge is 2.34. The third-order valence-corrected chi connectivity index (χ3v) is 4.94. The number of amides is 1. The summed E-state index contributed by atoms with van der Waals surface area (Å²) in [6.45, 7) is 0.987. The van der Waals surface area contributed by atoms with E-state index < -0.39 is 23.5 Å². The zero-order valence-electron chi connectivity index (χ0n) is 16.7. The van der Waals surface area contributed by atoms with Gasteiger partial charge in [-0.3, -0.25) is 4.79 Å². The van der Waals surface area contributed by atoms with E-state index in [2.05, 4.69) is 20.9 Å². The number of alkyl halides is 3. The van der Waals surface area contributed by atoms with E-state index in [9.17, 15) is 22.4 Å². The summed E-state index contributed by atoms with van der Waals surface area (Å²) in [5.41, 5.74) is 0.306. The van der Waals surface area contributed by atoms with Crippen molar-refractivity contribution in [1.29, 1.82) is 0 Å². The second-order valence-electron chi connectivity index (χ2n) is 7.19. The predicted molar refractivity (Wildman–Crippen MR) is 113 cm³/mol. The van der Waals surface area contributed by atoms with E-state index in [-0.39, 0.29) is 16.9 Å². The van der Waals surface area contributed by atoms with Crippen molar-refractivity contribution < 1.29 is 22.4 Å². The molecule has 0 saturated heterocycles. The van der Waals surface area contributed by atoms with Crippen LogP contribution in [0.3, 0.4) is 0 Å². The van der Waals surface area contributed by atoms with Gasteiger partial charge in [0.1, 0.15) is 5.82 Å². The SMILES string of the molecule is O=C1Nc2cc(F)ccc2/C1=C/Nc1ccc(NCCCn2ccnc2)c(C(F)(F)F)c1. The van der Waals surface area contributed by atoms with E-state index in [1.54, 1.807) is 18.7 Å². The number of aromatic nitrogens is 2. The number of imidazole rings is 1. The van der Waals surface area contributed by atoms with Crippen LogP contribution in [-0.2, 0) is 17.5 Å². The molecular weight excluding hydrogens is 426 g/mol. The van der Waals surface area contributed by atoms with Crippen LogP contribution in [0.5, 0.6) is 0 Å². The van der Waals surface area contributed by atoms with E-state index in [4.69, 9.17) is 0 Å². The second kappa shape index (κ2) is 8.74. The molecular formula is C22H19F4N5O. The largest absolute Gasteiger partial charge is 0.418 e. The van der Waals surface area contributed by atoms with Crippen molar-refractivity contribution in [2.24, 2.45) is 0 Å². The first-order valence-corrected chi connectivity index (χ1v) is 9.80. The Labute approximate surface area is 181 Å². The quantitative estimate of drug-likeness (QED) is 0.274. The van der Waals surface area contributed by atoms with E-state index in [0.29, 0.717) is 30.8 Å². The Balaban J connectivity index is 1.48. The highest BCUT2D eigenvalue weighted by molar-refractivity contribution is 6.31. The van der Waals surface area contributed by atoms with Crippen molar-refractivity contribution in [2.45, 2.75) is 19.1 Å². The van der Waals surface area contributed by atoms with Crippen molar-refractivity contribution in [3.05, 3.63) is 78.3 Å². The smallest absolute Gasteiger partial charge is 0.384 e. The molecule has 32 heavy (non-hydrogen) atoms. The summed E-state index contributed by atoms with van der Waals surface area (Å²) >= 11 is 0. The van der Waals surface area contributed by atoms with Gasteiger partial charge in [-0.05, 0) is 42.8 Å². The van der Waals surface area contributed by atoms with Crippen LogP contribution >= 0.6 is 0 Å². The minimum absolute atomic E-state index is 0.0271. The Morgan fingerprint density at radius 3 is 2.75 bits per heavy atom.